The third-order valence-electron chi connectivity index (χ3n) is 5.89. The van der Waals surface area contributed by atoms with Gasteiger partial charge >= 0.3 is 0 Å². The van der Waals surface area contributed by atoms with Gasteiger partial charge in [0, 0.05) is 31.0 Å². The number of para-hydroxylation sites is 1. The van der Waals surface area contributed by atoms with Gasteiger partial charge in [-0.3, -0.25) is 4.79 Å². The van der Waals surface area contributed by atoms with Crippen LogP contribution in [0.5, 0.6) is 0 Å². The molecule has 4 heteroatoms. The molecule has 1 atom stereocenters. The van der Waals surface area contributed by atoms with Crippen LogP contribution in [0, 0.1) is 5.92 Å². The van der Waals surface area contributed by atoms with Crippen molar-refractivity contribution in [1.82, 2.24) is 4.90 Å². The average molecular weight is 412 g/mol. The molecular weight excluding hydrogens is 386 g/mol. The van der Waals surface area contributed by atoms with Gasteiger partial charge in [0.15, 0.2) is 5.76 Å². The molecule has 31 heavy (non-hydrogen) atoms. The topological polar surface area (TPSA) is 42.7 Å². The minimum atomic E-state index is -0.0778. The van der Waals surface area contributed by atoms with E-state index in [1.165, 1.54) is 0 Å². The van der Waals surface area contributed by atoms with Crippen molar-refractivity contribution in [2.45, 2.75) is 13.0 Å². The number of nitrogens with zero attached hydrogens (tertiary/aromatic N) is 1. The molecule has 1 aliphatic rings. The van der Waals surface area contributed by atoms with Crippen molar-refractivity contribution < 1.29 is 13.9 Å². The number of amides is 1. The van der Waals surface area contributed by atoms with E-state index in [4.69, 9.17) is 9.15 Å². The maximum absolute atomic E-state index is 13.5. The Morgan fingerprint density at radius 2 is 1.71 bits per heavy atom. The molecule has 0 aliphatic carbocycles. The van der Waals surface area contributed by atoms with Gasteiger partial charge in [0.2, 0.25) is 0 Å². The Hall–Kier alpha value is -3.37. The summed E-state index contributed by atoms with van der Waals surface area (Å²) in [5, 5.41) is 0.944. The first kappa shape index (κ1) is 19.6. The predicted molar refractivity (Wildman–Crippen MR) is 122 cm³/mol. The van der Waals surface area contributed by atoms with Gasteiger partial charge in [-0.25, -0.2) is 0 Å². The zero-order chi connectivity index (χ0) is 21.0. The van der Waals surface area contributed by atoms with Crippen LogP contribution in [0.3, 0.4) is 0 Å². The third-order valence-corrected chi connectivity index (χ3v) is 5.89. The Balaban J connectivity index is 1.48. The minimum Gasteiger partial charge on any atom is -0.451 e. The van der Waals surface area contributed by atoms with Crippen molar-refractivity contribution in [3.63, 3.8) is 0 Å². The number of fused-ring (bicyclic) bond motifs is 1. The van der Waals surface area contributed by atoms with Crippen LogP contribution in [0.25, 0.3) is 22.1 Å². The van der Waals surface area contributed by atoms with Crippen molar-refractivity contribution >= 4 is 16.9 Å². The molecule has 1 amide bonds. The van der Waals surface area contributed by atoms with Crippen molar-refractivity contribution in [2.75, 3.05) is 19.8 Å². The molecule has 1 unspecified atom stereocenters. The van der Waals surface area contributed by atoms with Gasteiger partial charge in [0.25, 0.3) is 5.91 Å². The number of rotatable bonds is 6. The molecule has 0 N–H and O–H groups in total. The van der Waals surface area contributed by atoms with Gasteiger partial charge < -0.3 is 14.1 Å². The molecule has 3 aromatic carbocycles. The van der Waals surface area contributed by atoms with Crippen molar-refractivity contribution in [1.29, 1.82) is 0 Å². The lowest BCUT2D eigenvalue weighted by atomic mass is 9.99. The van der Waals surface area contributed by atoms with E-state index < -0.39 is 0 Å². The minimum absolute atomic E-state index is 0.0778. The molecule has 1 fully saturated rings. The van der Waals surface area contributed by atoms with E-state index in [1.807, 2.05) is 65.6 Å². The van der Waals surface area contributed by atoms with Gasteiger partial charge in [0.1, 0.15) is 5.58 Å². The van der Waals surface area contributed by atoms with E-state index in [-0.39, 0.29) is 5.91 Å². The molecular formula is C27H25NO3. The van der Waals surface area contributed by atoms with Crippen LogP contribution >= 0.6 is 0 Å². The van der Waals surface area contributed by atoms with Gasteiger partial charge in [-0.15, -0.1) is 0 Å². The van der Waals surface area contributed by atoms with Gasteiger partial charge in [-0.2, -0.15) is 0 Å². The highest BCUT2D eigenvalue weighted by atomic mass is 16.5. The van der Waals surface area contributed by atoms with E-state index in [2.05, 4.69) is 24.3 Å². The number of furan rings is 1. The second kappa shape index (κ2) is 8.78. The zero-order valence-electron chi connectivity index (χ0n) is 17.4. The molecule has 4 aromatic rings. The van der Waals surface area contributed by atoms with E-state index in [0.717, 1.165) is 40.7 Å². The fourth-order valence-electron chi connectivity index (χ4n) is 4.26. The van der Waals surface area contributed by atoms with Crippen LogP contribution in [-0.4, -0.2) is 30.6 Å². The summed E-state index contributed by atoms with van der Waals surface area (Å²) in [6.07, 6.45) is 0.976. The molecule has 4 nitrogen and oxygen atoms in total. The Morgan fingerprint density at radius 1 is 0.935 bits per heavy atom. The van der Waals surface area contributed by atoms with E-state index in [0.29, 0.717) is 31.4 Å². The Morgan fingerprint density at radius 3 is 2.52 bits per heavy atom. The summed E-state index contributed by atoms with van der Waals surface area (Å²) in [4.78, 5) is 15.5. The zero-order valence-corrected chi connectivity index (χ0v) is 17.4. The molecule has 1 aliphatic heterocycles. The van der Waals surface area contributed by atoms with Crippen molar-refractivity contribution in [3.8, 4) is 11.1 Å². The number of ether oxygens (including phenoxy) is 1. The standard InChI is InChI=1S/C27H25NO3/c29-27(26-16-22-10-5-7-13-25(22)31-26)28(17-20-14-15-30-19-20)18-23-11-4-6-12-24(23)21-8-2-1-3-9-21/h1-13,16,20H,14-15,17-19H2. The third kappa shape index (κ3) is 4.25. The average Bonchev–Trinajstić information content (AvgIpc) is 3.49. The van der Waals surface area contributed by atoms with E-state index in [1.54, 1.807) is 0 Å². The highest BCUT2D eigenvalue weighted by Gasteiger charge is 2.26. The van der Waals surface area contributed by atoms with Crippen LogP contribution in [0.1, 0.15) is 22.5 Å². The molecule has 2 heterocycles. The summed E-state index contributed by atoms with van der Waals surface area (Å²) < 4.78 is 11.5. The molecule has 0 saturated carbocycles. The highest BCUT2D eigenvalue weighted by Crippen LogP contribution is 2.27. The second-order valence-corrected chi connectivity index (χ2v) is 8.09. The lowest BCUT2D eigenvalue weighted by Crippen LogP contribution is -2.35. The van der Waals surface area contributed by atoms with Gasteiger partial charge in [-0.05, 0) is 35.2 Å². The number of carbonyl (C=O) groups is 1. The van der Waals surface area contributed by atoms with Gasteiger partial charge in [0.05, 0.1) is 6.61 Å². The molecule has 0 spiro atoms. The first-order chi connectivity index (χ1) is 15.3. The Labute approximate surface area is 182 Å². The largest absolute Gasteiger partial charge is 0.451 e. The predicted octanol–water partition coefficient (Wildman–Crippen LogP) is 5.78. The Bertz CT molecular complexity index is 1140. The van der Waals surface area contributed by atoms with Crippen LogP contribution in [-0.2, 0) is 11.3 Å². The number of hydrogen-bond acceptors (Lipinski definition) is 3. The molecule has 0 bridgehead atoms. The maximum atomic E-state index is 13.5. The maximum Gasteiger partial charge on any atom is 0.289 e. The molecule has 1 saturated heterocycles. The lowest BCUT2D eigenvalue weighted by molar-refractivity contribution is 0.0677. The second-order valence-electron chi connectivity index (χ2n) is 8.09. The fraction of sp³-hybridized carbons (Fsp3) is 0.222. The quantitative estimate of drug-likeness (QED) is 0.404. The van der Waals surface area contributed by atoms with Crippen LogP contribution in [0.15, 0.2) is 89.3 Å². The Kier molecular flexibility index (Phi) is 5.55. The van der Waals surface area contributed by atoms with Crippen molar-refractivity contribution in [2.24, 2.45) is 5.92 Å². The van der Waals surface area contributed by atoms with Crippen LogP contribution in [0.2, 0.25) is 0 Å². The lowest BCUT2D eigenvalue weighted by Gasteiger charge is -2.25. The summed E-state index contributed by atoms with van der Waals surface area (Å²) >= 11 is 0. The number of carbonyl (C=O) groups excluding carboxylic acids is 1. The SMILES string of the molecule is O=C(c1cc2ccccc2o1)N(Cc1ccccc1-c1ccccc1)CC1CCOC1. The van der Waals surface area contributed by atoms with Crippen LogP contribution < -0.4 is 0 Å². The summed E-state index contributed by atoms with van der Waals surface area (Å²) in [6, 6.07) is 28.2. The summed E-state index contributed by atoms with van der Waals surface area (Å²) in [5.74, 6) is 0.653. The smallest absolute Gasteiger partial charge is 0.289 e. The monoisotopic (exact) mass is 411 g/mol. The summed E-state index contributed by atoms with van der Waals surface area (Å²) in [5.41, 5.74) is 4.16. The normalized spacial score (nSPS) is 15.9. The van der Waals surface area contributed by atoms with E-state index in [9.17, 15) is 4.79 Å². The fourth-order valence-corrected chi connectivity index (χ4v) is 4.26. The number of hydrogen-bond donors (Lipinski definition) is 0. The summed E-state index contributed by atoms with van der Waals surface area (Å²) in [6.45, 7) is 2.64. The number of benzene rings is 3. The molecule has 156 valence electrons. The molecule has 0 radical (unpaired) electrons. The molecule has 1 aromatic heterocycles. The first-order valence-corrected chi connectivity index (χ1v) is 10.8. The first-order valence-electron chi connectivity index (χ1n) is 10.8. The van der Waals surface area contributed by atoms with Crippen molar-refractivity contribution in [3.05, 3.63) is 96.3 Å². The highest BCUT2D eigenvalue weighted by molar-refractivity contribution is 5.96. The molecule has 5 rings (SSSR count). The van der Waals surface area contributed by atoms with Crippen LogP contribution in [0.4, 0.5) is 0 Å². The summed E-state index contributed by atoms with van der Waals surface area (Å²) in [7, 11) is 0. The van der Waals surface area contributed by atoms with E-state index >= 15 is 0 Å². The van der Waals surface area contributed by atoms with Gasteiger partial charge in [-0.1, -0.05) is 72.8 Å².